The highest BCUT2D eigenvalue weighted by Crippen LogP contribution is 2.28. The number of likely N-dealkylation sites (N-methyl/N-ethyl adjacent to an activating group) is 1. The predicted molar refractivity (Wildman–Crippen MR) is 72.3 cm³/mol. The summed E-state index contributed by atoms with van der Waals surface area (Å²) in [6.07, 6.45) is 0.861. The Balaban J connectivity index is 2.13. The van der Waals surface area contributed by atoms with Gasteiger partial charge in [-0.2, -0.15) is 0 Å². The van der Waals surface area contributed by atoms with Crippen molar-refractivity contribution in [2.24, 2.45) is 5.73 Å². The topological polar surface area (TPSA) is 49.6 Å². The molecule has 2 amide bonds. The standard InChI is InChI=1S/C14H21N3O/c1-11-5-3-6-12(9-11)13-10-17(8-4-7-15)14(18)16(13)2/h3,5-6,9,13H,4,7-8,10,15H2,1-2H3. The van der Waals surface area contributed by atoms with E-state index in [4.69, 9.17) is 5.73 Å². The minimum atomic E-state index is 0.106. The van der Waals surface area contributed by atoms with Crippen LogP contribution in [-0.2, 0) is 0 Å². The summed E-state index contributed by atoms with van der Waals surface area (Å²) in [7, 11) is 1.87. The summed E-state index contributed by atoms with van der Waals surface area (Å²) in [6, 6.07) is 8.64. The number of amides is 2. The van der Waals surface area contributed by atoms with Crippen LogP contribution in [0.3, 0.4) is 0 Å². The molecule has 0 saturated carbocycles. The Labute approximate surface area is 108 Å². The second-order valence-electron chi connectivity index (χ2n) is 4.91. The van der Waals surface area contributed by atoms with Gasteiger partial charge >= 0.3 is 6.03 Å². The van der Waals surface area contributed by atoms with Crippen molar-refractivity contribution in [3.8, 4) is 0 Å². The smallest absolute Gasteiger partial charge is 0.320 e. The molecule has 0 aliphatic carbocycles. The van der Waals surface area contributed by atoms with Crippen LogP contribution in [0, 0.1) is 6.92 Å². The zero-order valence-corrected chi connectivity index (χ0v) is 11.1. The van der Waals surface area contributed by atoms with Crippen molar-refractivity contribution in [1.29, 1.82) is 0 Å². The van der Waals surface area contributed by atoms with E-state index in [2.05, 4.69) is 25.1 Å². The molecular formula is C14H21N3O. The van der Waals surface area contributed by atoms with Gasteiger partial charge < -0.3 is 15.5 Å². The maximum absolute atomic E-state index is 12.1. The third-order valence-corrected chi connectivity index (χ3v) is 3.49. The molecule has 4 heteroatoms. The van der Waals surface area contributed by atoms with E-state index in [0.29, 0.717) is 6.54 Å². The number of rotatable bonds is 4. The third-order valence-electron chi connectivity index (χ3n) is 3.49. The fourth-order valence-electron chi connectivity index (χ4n) is 2.44. The van der Waals surface area contributed by atoms with Gasteiger partial charge in [-0.1, -0.05) is 29.8 Å². The number of benzene rings is 1. The average Bonchev–Trinajstić information content (AvgIpc) is 2.64. The number of hydrogen-bond acceptors (Lipinski definition) is 2. The number of nitrogens with two attached hydrogens (primary N) is 1. The fourth-order valence-corrected chi connectivity index (χ4v) is 2.44. The molecule has 2 rings (SSSR count). The van der Waals surface area contributed by atoms with E-state index in [-0.39, 0.29) is 12.1 Å². The third kappa shape index (κ3) is 2.48. The van der Waals surface area contributed by atoms with Crippen molar-refractivity contribution in [3.05, 3.63) is 35.4 Å². The second-order valence-corrected chi connectivity index (χ2v) is 4.91. The average molecular weight is 247 g/mol. The monoisotopic (exact) mass is 247 g/mol. The van der Waals surface area contributed by atoms with Crippen LogP contribution in [0.2, 0.25) is 0 Å². The van der Waals surface area contributed by atoms with Gasteiger partial charge in [-0.3, -0.25) is 0 Å². The van der Waals surface area contributed by atoms with Gasteiger partial charge in [0.2, 0.25) is 0 Å². The quantitative estimate of drug-likeness (QED) is 0.881. The summed E-state index contributed by atoms with van der Waals surface area (Å²) in [5.41, 5.74) is 7.94. The molecule has 1 unspecified atom stereocenters. The molecule has 1 aliphatic rings. The van der Waals surface area contributed by atoms with Crippen molar-refractivity contribution in [3.63, 3.8) is 0 Å². The van der Waals surface area contributed by atoms with Gasteiger partial charge in [0, 0.05) is 20.1 Å². The van der Waals surface area contributed by atoms with Gasteiger partial charge in [0.25, 0.3) is 0 Å². The molecule has 0 radical (unpaired) electrons. The summed E-state index contributed by atoms with van der Waals surface area (Å²) >= 11 is 0. The predicted octanol–water partition coefficient (Wildman–Crippen LogP) is 1.75. The zero-order chi connectivity index (χ0) is 13.1. The Morgan fingerprint density at radius 1 is 1.44 bits per heavy atom. The maximum Gasteiger partial charge on any atom is 0.320 e. The van der Waals surface area contributed by atoms with Crippen LogP contribution in [0.25, 0.3) is 0 Å². The van der Waals surface area contributed by atoms with E-state index < -0.39 is 0 Å². The largest absolute Gasteiger partial charge is 0.330 e. The number of aryl methyl sites for hydroxylation is 1. The number of nitrogens with zero attached hydrogens (tertiary/aromatic N) is 2. The lowest BCUT2D eigenvalue weighted by atomic mass is 10.0. The summed E-state index contributed by atoms with van der Waals surface area (Å²) in [5.74, 6) is 0. The normalized spacial score (nSPS) is 19.7. The van der Waals surface area contributed by atoms with Crippen molar-refractivity contribution in [2.75, 3.05) is 26.7 Å². The maximum atomic E-state index is 12.1. The first-order valence-corrected chi connectivity index (χ1v) is 6.42. The van der Waals surface area contributed by atoms with E-state index in [1.165, 1.54) is 11.1 Å². The molecule has 0 bridgehead atoms. The Morgan fingerprint density at radius 2 is 2.22 bits per heavy atom. The molecule has 0 spiro atoms. The van der Waals surface area contributed by atoms with Gasteiger partial charge in [0.05, 0.1) is 6.04 Å². The first-order valence-electron chi connectivity index (χ1n) is 6.42. The summed E-state index contributed by atoms with van der Waals surface area (Å²) in [5, 5.41) is 0. The molecule has 1 saturated heterocycles. The molecule has 4 nitrogen and oxygen atoms in total. The van der Waals surface area contributed by atoms with E-state index >= 15 is 0 Å². The minimum absolute atomic E-state index is 0.106. The van der Waals surface area contributed by atoms with Crippen molar-refractivity contribution in [2.45, 2.75) is 19.4 Å². The lowest BCUT2D eigenvalue weighted by Gasteiger charge is -2.18. The van der Waals surface area contributed by atoms with Crippen LogP contribution < -0.4 is 5.73 Å². The summed E-state index contributed by atoms with van der Waals surface area (Å²) in [4.78, 5) is 15.8. The molecule has 1 heterocycles. The van der Waals surface area contributed by atoms with Crippen LogP contribution in [0.4, 0.5) is 4.79 Å². The SMILES string of the molecule is Cc1cccc(C2CN(CCCN)C(=O)N2C)c1. The summed E-state index contributed by atoms with van der Waals surface area (Å²) < 4.78 is 0. The molecule has 0 aromatic heterocycles. The highest BCUT2D eigenvalue weighted by atomic mass is 16.2. The second kappa shape index (κ2) is 5.40. The molecule has 18 heavy (non-hydrogen) atoms. The van der Waals surface area contributed by atoms with Gasteiger partial charge in [0.1, 0.15) is 0 Å². The molecule has 98 valence electrons. The molecule has 1 aromatic rings. The Morgan fingerprint density at radius 3 is 2.89 bits per heavy atom. The molecule has 1 fully saturated rings. The Bertz CT molecular complexity index is 433. The van der Waals surface area contributed by atoms with Gasteiger partial charge in [-0.15, -0.1) is 0 Å². The summed E-state index contributed by atoms with van der Waals surface area (Å²) in [6.45, 7) is 4.22. The van der Waals surface area contributed by atoms with E-state index in [9.17, 15) is 4.79 Å². The van der Waals surface area contributed by atoms with Crippen molar-refractivity contribution < 1.29 is 4.79 Å². The van der Waals surface area contributed by atoms with E-state index in [0.717, 1.165) is 19.5 Å². The van der Waals surface area contributed by atoms with Gasteiger partial charge in [0.15, 0.2) is 0 Å². The van der Waals surface area contributed by atoms with Crippen molar-refractivity contribution in [1.82, 2.24) is 9.80 Å². The lowest BCUT2D eigenvalue weighted by Crippen LogP contribution is -2.31. The van der Waals surface area contributed by atoms with Crippen molar-refractivity contribution >= 4 is 6.03 Å². The minimum Gasteiger partial charge on any atom is -0.330 e. The van der Waals surface area contributed by atoms with Gasteiger partial charge in [-0.05, 0) is 25.5 Å². The van der Waals surface area contributed by atoms with Gasteiger partial charge in [-0.25, -0.2) is 4.79 Å². The van der Waals surface area contributed by atoms with Crippen LogP contribution in [0.1, 0.15) is 23.6 Å². The highest BCUT2D eigenvalue weighted by molar-refractivity contribution is 5.77. The zero-order valence-electron chi connectivity index (χ0n) is 11.1. The lowest BCUT2D eigenvalue weighted by molar-refractivity contribution is 0.195. The van der Waals surface area contributed by atoms with E-state index in [1.54, 1.807) is 0 Å². The molecule has 1 aromatic carbocycles. The first-order chi connectivity index (χ1) is 8.63. The molecule has 2 N–H and O–H groups in total. The van der Waals surface area contributed by atoms with Crippen LogP contribution in [0.5, 0.6) is 0 Å². The molecule has 1 atom stereocenters. The molecular weight excluding hydrogens is 226 g/mol. The van der Waals surface area contributed by atoms with E-state index in [1.807, 2.05) is 22.9 Å². The van der Waals surface area contributed by atoms with Crippen LogP contribution in [-0.4, -0.2) is 42.5 Å². The van der Waals surface area contributed by atoms with Crippen LogP contribution in [0.15, 0.2) is 24.3 Å². The number of carbonyl (C=O) groups is 1. The molecule has 1 aliphatic heterocycles. The fraction of sp³-hybridized carbons (Fsp3) is 0.500. The number of urea groups is 1. The number of hydrogen-bond donors (Lipinski definition) is 1. The number of carbonyl (C=O) groups excluding carboxylic acids is 1. The first kappa shape index (κ1) is 12.9. The van der Waals surface area contributed by atoms with Crippen LogP contribution >= 0.6 is 0 Å². The Hall–Kier alpha value is -1.55. The highest BCUT2D eigenvalue weighted by Gasteiger charge is 2.34. The Kier molecular flexibility index (Phi) is 3.87.